The number of nitrogens with one attached hydrogen (secondary N) is 1. The van der Waals surface area contributed by atoms with E-state index < -0.39 is 0 Å². The quantitative estimate of drug-likeness (QED) is 0.790. The summed E-state index contributed by atoms with van der Waals surface area (Å²) in [7, 11) is 0. The van der Waals surface area contributed by atoms with Gasteiger partial charge in [0.1, 0.15) is 0 Å². The molecule has 1 saturated heterocycles. The van der Waals surface area contributed by atoms with E-state index in [1.807, 2.05) is 29.6 Å². The molecular formula is C20H28N4OS. The molecule has 0 aliphatic carbocycles. The molecule has 1 aromatic heterocycles. The minimum absolute atomic E-state index is 0.102. The van der Waals surface area contributed by atoms with Crippen molar-refractivity contribution in [1.29, 1.82) is 0 Å². The third-order valence-corrected chi connectivity index (χ3v) is 5.67. The van der Waals surface area contributed by atoms with E-state index in [-0.39, 0.29) is 5.91 Å². The van der Waals surface area contributed by atoms with Crippen LogP contribution < -0.4 is 10.2 Å². The molecule has 1 N–H and O–H groups in total. The van der Waals surface area contributed by atoms with Crippen LogP contribution in [0.3, 0.4) is 0 Å². The second-order valence-electron chi connectivity index (χ2n) is 6.65. The van der Waals surface area contributed by atoms with Crippen LogP contribution in [0, 0.1) is 0 Å². The van der Waals surface area contributed by atoms with Gasteiger partial charge in [-0.1, -0.05) is 6.42 Å². The summed E-state index contributed by atoms with van der Waals surface area (Å²) >= 11 is 1.50. The second-order valence-corrected chi connectivity index (χ2v) is 7.51. The molecule has 26 heavy (non-hydrogen) atoms. The van der Waals surface area contributed by atoms with Crippen molar-refractivity contribution in [2.75, 3.05) is 36.4 Å². The van der Waals surface area contributed by atoms with Crippen LogP contribution in [0.1, 0.15) is 49.2 Å². The summed E-state index contributed by atoms with van der Waals surface area (Å²) in [5.41, 5.74) is 2.85. The van der Waals surface area contributed by atoms with Crippen molar-refractivity contribution in [2.45, 2.75) is 39.7 Å². The number of amides is 1. The lowest BCUT2D eigenvalue weighted by Crippen LogP contribution is -2.29. The first-order valence-electron chi connectivity index (χ1n) is 9.52. The molecule has 1 amide bonds. The number of thiazole rings is 1. The monoisotopic (exact) mass is 372 g/mol. The molecule has 6 heteroatoms. The summed E-state index contributed by atoms with van der Waals surface area (Å²) in [6.45, 7) is 9.37. The van der Waals surface area contributed by atoms with E-state index in [1.54, 1.807) is 0 Å². The predicted octanol–water partition coefficient (Wildman–Crippen LogP) is 4.23. The summed E-state index contributed by atoms with van der Waals surface area (Å²) in [5.74, 6) is -0.102. The zero-order valence-electron chi connectivity index (χ0n) is 15.7. The first-order chi connectivity index (χ1) is 12.7. The zero-order chi connectivity index (χ0) is 18.4. The molecule has 0 unspecified atom stereocenters. The highest BCUT2D eigenvalue weighted by Gasteiger charge is 2.14. The SMILES string of the molecule is CCN(CC)c1ccc(C(=O)Nc2nc(CN3CCCCC3)cs2)cc1. The molecule has 0 saturated carbocycles. The largest absolute Gasteiger partial charge is 0.372 e. The third kappa shape index (κ3) is 4.83. The summed E-state index contributed by atoms with van der Waals surface area (Å²) in [6, 6.07) is 7.77. The third-order valence-electron chi connectivity index (χ3n) is 4.86. The molecule has 1 aliphatic heterocycles. The maximum absolute atomic E-state index is 12.5. The number of benzene rings is 1. The Bertz CT molecular complexity index is 703. The molecule has 0 atom stereocenters. The van der Waals surface area contributed by atoms with Crippen molar-refractivity contribution in [1.82, 2.24) is 9.88 Å². The summed E-state index contributed by atoms with van der Waals surface area (Å²) in [5, 5.41) is 5.65. The van der Waals surface area contributed by atoms with Gasteiger partial charge in [-0.05, 0) is 64.0 Å². The van der Waals surface area contributed by atoms with Gasteiger partial charge in [-0.15, -0.1) is 11.3 Å². The van der Waals surface area contributed by atoms with E-state index in [0.29, 0.717) is 10.7 Å². The number of carbonyl (C=O) groups is 1. The van der Waals surface area contributed by atoms with Gasteiger partial charge in [-0.2, -0.15) is 0 Å². The average molecular weight is 373 g/mol. The first kappa shape index (κ1) is 18.9. The Morgan fingerprint density at radius 1 is 1.15 bits per heavy atom. The molecule has 0 bridgehead atoms. The molecular weight excluding hydrogens is 344 g/mol. The number of hydrogen-bond donors (Lipinski definition) is 1. The number of hydrogen-bond acceptors (Lipinski definition) is 5. The molecule has 5 nitrogen and oxygen atoms in total. The van der Waals surface area contributed by atoms with Crippen molar-refractivity contribution < 1.29 is 4.79 Å². The highest BCUT2D eigenvalue weighted by Crippen LogP contribution is 2.20. The second kappa shape index (κ2) is 9.14. The number of rotatable bonds is 7. The van der Waals surface area contributed by atoms with Crippen LogP contribution in [-0.2, 0) is 6.54 Å². The fourth-order valence-corrected chi connectivity index (χ4v) is 4.06. The van der Waals surface area contributed by atoms with E-state index in [4.69, 9.17) is 0 Å². The average Bonchev–Trinajstić information content (AvgIpc) is 3.11. The fraction of sp³-hybridized carbons (Fsp3) is 0.500. The van der Waals surface area contributed by atoms with Crippen LogP contribution in [0.15, 0.2) is 29.6 Å². The maximum Gasteiger partial charge on any atom is 0.257 e. The van der Waals surface area contributed by atoms with E-state index in [1.165, 1.54) is 30.6 Å². The van der Waals surface area contributed by atoms with Gasteiger partial charge in [-0.25, -0.2) is 4.98 Å². The number of aromatic nitrogens is 1. The Labute approximate surface area is 160 Å². The Morgan fingerprint density at radius 3 is 2.50 bits per heavy atom. The highest BCUT2D eigenvalue weighted by molar-refractivity contribution is 7.13. The van der Waals surface area contributed by atoms with E-state index in [2.05, 4.69) is 33.9 Å². The van der Waals surface area contributed by atoms with Gasteiger partial charge in [0.2, 0.25) is 0 Å². The number of piperidine rings is 1. The van der Waals surface area contributed by atoms with Gasteiger partial charge < -0.3 is 4.90 Å². The van der Waals surface area contributed by atoms with Gasteiger partial charge >= 0.3 is 0 Å². The molecule has 0 spiro atoms. The van der Waals surface area contributed by atoms with Crippen molar-refractivity contribution in [2.24, 2.45) is 0 Å². The minimum atomic E-state index is -0.102. The van der Waals surface area contributed by atoms with Crippen LogP contribution in [-0.4, -0.2) is 42.0 Å². The Balaban J connectivity index is 1.57. The summed E-state index contributed by atoms with van der Waals surface area (Å²) in [6.07, 6.45) is 3.89. The molecule has 2 aromatic rings. The number of anilines is 2. The van der Waals surface area contributed by atoms with Crippen molar-refractivity contribution in [3.05, 3.63) is 40.9 Å². The van der Waals surface area contributed by atoms with Gasteiger partial charge in [0, 0.05) is 36.3 Å². The van der Waals surface area contributed by atoms with E-state index in [0.717, 1.165) is 44.1 Å². The normalized spacial score (nSPS) is 15.0. The van der Waals surface area contributed by atoms with Crippen LogP contribution in [0.5, 0.6) is 0 Å². The summed E-state index contributed by atoms with van der Waals surface area (Å²) in [4.78, 5) is 21.7. The van der Waals surface area contributed by atoms with Crippen LogP contribution in [0.4, 0.5) is 10.8 Å². The smallest absolute Gasteiger partial charge is 0.257 e. The molecule has 0 radical (unpaired) electrons. The predicted molar refractivity (Wildman–Crippen MR) is 109 cm³/mol. The Hall–Kier alpha value is -1.92. The van der Waals surface area contributed by atoms with Crippen molar-refractivity contribution >= 4 is 28.1 Å². The van der Waals surface area contributed by atoms with Gasteiger partial charge in [0.25, 0.3) is 5.91 Å². The van der Waals surface area contributed by atoms with Gasteiger partial charge in [0.15, 0.2) is 5.13 Å². The lowest BCUT2D eigenvalue weighted by molar-refractivity contribution is 0.102. The lowest BCUT2D eigenvalue weighted by atomic mass is 10.1. The first-order valence-corrected chi connectivity index (χ1v) is 10.4. The maximum atomic E-state index is 12.5. The van der Waals surface area contributed by atoms with Crippen molar-refractivity contribution in [3.8, 4) is 0 Å². The number of nitrogens with zero attached hydrogens (tertiary/aromatic N) is 3. The van der Waals surface area contributed by atoms with Gasteiger partial charge in [-0.3, -0.25) is 15.0 Å². The van der Waals surface area contributed by atoms with E-state index >= 15 is 0 Å². The van der Waals surface area contributed by atoms with Crippen LogP contribution >= 0.6 is 11.3 Å². The van der Waals surface area contributed by atoms with Gasteiger partial charge in [0.05, 0.1) is 5.69 Å². The molecule has 1 aliphatic rings. The Kier molecular flexibility index (Phi) is 6.63. The molecule has 1 fully saturated rings. The lowest BCUT2D eigenvalue weighted by Gasteiger charge is -2.25. The topological polar surface area (TPSA) is 48.5 Å². The van der Waals surface area contributed by atoms with Crippen LogP contribution in [0.2, 0.25) is 0 Å². The minimum Gasteiger partial charge on any atom is -0.372 e. The van der Waals surface area contributed by atoms with E-state index in [9.17, 15) is 4.79 Å². The van der Waals surface area contributed by atoms with Crippen LogP contribution in [0.25, 0.3) is 0 Å². The summed E-state index contributed by atoms with van der Waals surface area (Å²) < 4.78 is 0. The highest BCUT2D eigenvalue weighted by atomic mass is 32.1. The Morgan fingerprint density at radius 2 is 1.85 bits per heavy atom. The molecule has 2 heterocycles. The number of likely N-dealkylation sites (tertiary alicyclic amines) is 1. The molecule has 1 aromatic carbocycles. The molecule has 3 rings (SSSR count). The fourth-order valence-electron chi connectivity index (χ4n) is 3.37. The zero-order valence-corrected chi connectivity index (χ0v) is 16.5. The standard InChI is InChI=1S/C20H28N4OS/c1-3-24(4-2)18-10-8-16(9-11-18)19(25)22-20-21-17(15-26-20)14-23-12-6-5-7-13-23/h8-11,15H,3-7,12-14H2,1-2H3,(H,21,22,25). The molecule has 140 valence electrons. The number of carbonyl (C=O) groups excluding carboxylic acids is 1. The van der Waals surface area contributed by atoms with Crippen molar-refractivity contribution in [3.63, 3.8) is 0 Å².